The number of nitrogens with one attached hydrogen (secondary N) is 1. The minimum absolute atomic E-state index is 0.0545. The summed E-state index contributed by atoms with van der Waals surface area (Å²) in [5, 5.41) is 8.62. The van der Waals surface area contributed by atoms with Crippen molar-refractivity contribution in [2.24, 2.45) is 0 Å². The highest BCUT2D eigenvalue weighted by Gasteiger charge is 2.09. The van der Waals surface area contributed by atoms with E-state index in [1.807, 2.05) is 12.1 Å². The molecule has 1 aromatic carbocycles. The second-order valence-corrected chi connectivity index (χ2v) is 6.14. The quantitative estimate of drug-likeness (QED) is 0.761. The minimum atomic E-state index is -3.34. The van der Waals surface area contributed by atoms with Gasteiger partial charge in [0.2, 0.25) is 10.0 Å². The van der Waals surface area contributed by atoms with Crippen LogP contribution in [0.4, 0.5) is 5.69 Å². The van der Waals surface area contributed by atoms with Crippen molar-refractivity contribution < 1.29 is 13.5 Å². The lowest BCUT2D eigenvalue weighted by atomic mass is 10.1. The zero-order valence-corrected chi connectivity index (χ0v) is 11.5. The first-order chi connectivity index (χ1) is 8.57. The Morgan fingerprint density at radius 2 is 1.83 bits per heavy atom. The van der Waals surface area contributed by atoms with E-state index < -0.39 is 10.0 Å². The zero-order chi connectivity index (χ0) is 13.4. The number of anilines is 1. The van der Waals surface area contributed by atoms with Crippen LogP contribution in [-0.4, -0.2) is 25.9 Å². The highest BCUT2D eigenvalue weighted by molar-refractivity contribution is 7.92. The van der Waals surface area contributed by atoms with Crippen LogP contribution in [0.5, 0.6) is 0 Å². The lowest BCUT2D eigenvalue weighted by molar-refractivity contribution is 0.295. The van der Waals surface area contributed by atoms with E-state index in [4.69, 9.17) is 5.11 Å². The highest BCUT2D eigenvalue weighted by Crippen LogP contribution is 2.13. The Balaban J connectivity index is 2.57. The van der Waals surface area contributed by atoms with Crippen molar-refractivity contribution in [3.63, 3.8) is 0 Å². The average molecular weight is 271 g/mol. The second kappa shape index (κ2) is 7.38. The van der Waals surface area contributed by atoms with Gasteiger partial charge in [0.05, 0.1) is 5.75 Å². The van der Waals surface area contributed by atoms with E-state index in [0.717, 1.165) is 19.3 Å². The van der Waals surface area contributed by atoms with E-state index in [-0.39, 0.29) is 18.8 Å². The van der Waals surface area contributed by atoms with Gasteiger partial charge in [0, 0.05) is 12.3 Å². The number of aliphatic hydroxyl groups excluding tert-OH is 1. The smallest absolute Gasteiger partial charge is 0.232 e. The van der Waals surface area contributed by atoms with Crippen LogP contribution in [0.1, 0.15) is 31.7 Å². The Labute approximate surface area is 109 Å². The van der Waals surface area contributed by atoms with Crippen LogP contribution in [0, 0.1) is 0 Å². The molecule has 0 saturated carbocycles. The van der Waals surface area contributed by atoms with Gasteiger partial charge in [-0.05, 0) is 37.0 Å². The fourth-order valence-electron chi connectivity index (χ4n) is 1.61. The summed E-state index contributed by atoms with van der Waals surface area (Å²) in [4.78, 5) is 0. The normalized spacial score (nSPS) is 11.4. The second-order valence-electron chi connectivity index (χ2n) is 4.30. The summed E-state index contributed by atoms with van der Waals surface area (Å²) in [6.07, 6.45) is 3.56. The Morgan fingerprint density at radius 3 is 2.39 bits per heavy atom. The minimum Gasteiger partial charge on any atom is -0.396 e. The van der Waals surface area contributed by atoms with Crippen molar-refractivity contribution in [2.45, 2.75) is 32.6 Å². The van der Waals surface area contributed by atoms with Crippen LogP contribution in [0.15, 0.2) is 24.3 Å². The van der Waals surface area contributed by atoms with Gasteiger partial charge in [-0.2, -0.15) is 0 Å². The van der Waals surface area contributed by atoms with Crippen molar-refractivity contribution in [3.05, 3.63) is 29.8 Å². The molecule has 0 radical (unpaired) electrons. The van der Waals surface area contributed by atoms with E-state index in [0.29, 0.717) is 5.69 Å². The molecular formula is C13H21NO3S. The summed E-state index contributed by atoms with van der Waals surface area (Å²) in [6, 6.07) is 7.45. The number of aliphatic hydroxyl groups is 1. The number of aryl methyl sites for hydroxylation is 1. The maximum Gasteiger partial charge on any atom is 0.232 e. The molecule has 0 atom stereocenters. The molecule has 18 heavy (non-hydrogen) atoms. The topological polar surface area (TPSA) is 66.4 Å². The van der Waals surface area contributed by atoms with Crippen LogP contribution in [0.25, 0.3) is 0 Å². The number of hydrogen-bond acceptors (Lipinski definition) is 3. The van der Waals surface area contributed by atoms with Crippen molar-refractivity contribution in [1.29, 1.82) is 0 Å². The molecule has 0 spiro atoms. The third-order valence-electron chi connectivity index (χ3n) is 2.62. The maximum absolute atomic E-state index is 11.6. The van der Waals surface area contributed by atoms with E-state index >= 15 is 0 Å². The van der Waals surface area contributed by atoms with Crippen molar-refractivity contribution in [1.82, 2.24) is 0 Å². The largest absolute Gasteiger partial charge is 0.396 e. The van der Waals surface area contributed by atoms with E-state index in [2.05, 4.69) is 11.6 Å². The molecule has 0 aromatic heterocycles. The molecule has 0 saturated heterocycles. The first-order valence-electron chi connectivity index (χ1n) is 6.27. The molecule has 0 aliphatic heterocycles. The van der Waals surface area contributed by atoms with E-state index in [9.17, 15) is 8.42 Å². The number of benzene rings is 1. The van der Waals surface area contributed by atoms with Gasteiger partial charge in [0.1, 0.15) is 0 Å². The molecule has 0 fully saturated rings. The van der Waals surface area contributed by atoms with Gasteiger partial charge in [-0.3, -0.25) is 4.72 Å². The SMILES string of the molecule is CCCCc1ccc(NS(=O)(=O)CCCO)cc1. The third kappa shape index (κ3) is 5.51. The van der Waals surface area contributed by atoms with Crippen molar-refractivity contribution in [2.75, 3.05) is 17.1 Å². The molecule has 2 N–H and O–H groups in total. The summed E-state index contributed by atoms with van der Waals surface area (Å²) in [5.41, 5.74) is 1.79. The Hall–Kier alpha value is -1.07. The average Bonchev–Trinajstić information content (AvgIpc) is 2.35. The van der Waals surface area contributed by atoms with Gasteiger partial charge in [-0.1, -0.05) is 25.5 Å². The van der Waals surface area contributed by atoms with Gasteiger partial charge >= 0.3 is 0 Å². The van der Waals surface area contributed by atoms with E-state index in [1.165, 1.54) is 5.56 Å². The number of hydrogen-bond donors (Lipinski definition) is 2. The Bertz CT molecular complexity index is 440. The van der Waals surface area contributed by atoms with Gasteiger partial charge in [-0.15, -0.1) is 0 Å². The van der Waals surface area contributed by atoms with Gasteiger partial charge < -0.3 is 5.11 Å². The number of sulfonamides is 1. The Morgan fingerprint density at radius 1 is 1.17 bits per heavy atom. The molecule has 0 aliphatic rings. The van der Waals surface area contributed by atoms with Gasteiger partial charge in [0.15, 0.2) is 0 Å². The molecule has 0 heterocycles. The molecule has 0 unspecified atom stereocenters. The predicted molar refractivity (Wildman–Crippen MR) is 74.2 cm³/mol. The van der Waals surface area contributed by atoms with Gasteiger partial charge in [-0.25, -0.2) is 8.42 Å². The van der Waals surface area contributed by atoms with Crippen LogP contribution in [0.3, 0.4) is 0 Å². The lowest BCUT2D eigenvalue weighted by Crippen LogP contribution is -2.17. The molecule has 0 bridgehead atoms. The summed E-state index contributed by atoms with van der Waals surface area (Å²) in [6.45, 7) is 2.03. The third-order valence-corrected chi connectivity index (χ3v) is 3.99. The van der Waals surface area contributed by atoms with Crippen molar-refractivity contribution in [3.8, 4) is 0 Å². The fraction of sp³-hybridized carbons (Fsp3) is 0.538. The molecular weight excluding hydrogens is 250 g/mol. The zero-order valence-electron chi connectivity index (χ0n) is 10.7. The summed E-state index contributed by atoms with van der Waals surface area (Å²) >= 11 is 0. The monoisotopic (exact) mass is 271 g/mol. The summed E-state index contributed by atoms with van der Waals surface area (Å²) in [7, 11) is -3.34. The maximum atomic E-state index is 11.6. The number of rotatable bonds is 8. The molecule has 4 nitrogen and oxygen atoms in total. The van der Waals surface area contributed by atoms with E-state index in [1.54, 1.807) is 12.1 Å². The molecule has 5 heteroatoms. The highest BCUT2D eigenvalue weighted by atomic mass is 32.2. The molecule has 1 aromatic rings. The van der Waals surface area contributed by atoms with Crippen LogP contribution < -0.4 is 4.72 Å². The van der Waals surface area contributed by atoms with Gasteiger partial charge in [0.25, 0.3) is 0 Å². The van der Waals surface area contributed by atoms with Crippen LogP contribution in [-0.2, 0) is 16.4 Å². The first-order valence-corrected chi connectivity index (χ1v) is 7.93. The van der Waals surface area contributed by atoms with Crippen LogP contribution in [0.2, 0.25) is 0 Å². The molecule has 0 amide bonds. The Kier molecular flexibility index (Phi) is 6.15. The predicted octanol–water partition coefficient (Wildman–Crippen LogP) is 2.15. The standard InChI is InChI=1S/C13H21NO3S/c1-2-3-5-12-6-8-13(9-7-12)14-18(16,17)11-4-10-15/h6-9,14-15H,2-5,10-11H2,1H3. The van der Waals surface area contributed by atoms with Crippen LogP contribution >= 0.6 is 0 Å². The summed E-state index contributed by atoms with van der Waals surface area (Å²) < 4.78 is 25.7. The molecule has 1 rings (SSSR count). The first kappa shape index (κ1) is 15.0. The fourth-order valence-corrected chi connectivity index (χ4v) is 2.71. The van der Waals surface area contributed by atoms with Crippen molar-refractivity contribution >= 4 is 15.7 Å². The summed E-state index contributed by atoms with van der Waals surface area (Å²) in [5.74, 6) is -0.0545. The number of unbranched alkanes of at least 4 members (excludes halogenated alkanes) is 1. The molecule has 0 aliphatic carbocycles. The molecule has 102 valence electrons. The lowest BCUT2D eigenvalue weighted by Gasteiger charge is -2.08.